The molecule has 0 fully saturated rings. The van der Waals surface area contributed by atoms with Crippen LogP contribution >= 0.6 is 0 Å². The SMILES string of the molecule is CCCC(NC(=O)C(N)CNC(=O)/C=C/C(=O)OC)C(=O)O. The minimum absolute atomic E-state index is 0.200. The van der Waals surface area contributed by atoms with Crippen molar-refractivity contribution in [1.29, 1.82) is 0 Å². The van der Waals surface area contributed by atoms with Crippen molar-refractivity contribution in [3.63, 3.8) is 0 Å². The fourth-order valence-electron chi connectivity index (χ4n) is 1.40. The van der Waals surface area contributed by atoms with Crippen molar-refractivity contribution in [2.45, 2.75) is 31.8 Å². The lowest BCUT2D eigenvalue weighted by molar-refractivity contribution is -0.142. The summed E-state index contributed by atoms with van der Waals surface area (Å²) in [6, 6.07) is -2.12. The highest BCUT2D eigenvalue weighted by Gasteiger charge is 2.22. The molecule has 0 aromatic heterocycles. The predicted octanol–water partition coefficient (Wildman–Crippen LogP) is -1.47. The number of carboxylic acid groups (broad SMARTS) is 1. The Morgan fingerprint density at radius 3 is 2.41 bits per heavy atom. The molecular formula is C13H21N3O6. The van der Waals surface area contributed by atoms with Crippen molar-refractivity contribution in [1.82, 2.24) is 10.6 Å². The van der Waals surface area contributed by atoms with Gasteiger partial charge in [0.05, 0.1) is 7.11 Å². The topological polar surface area (TPSA) is 148 Å². The third-order valence-corrected chi connectivity index (χ3v) is 2.60. The Hall–Kier alpha value is -2.42. The molecule has 0 heterocycles. The molecule has 0 aliphatic rings. The van der Waals surface area contributed by atoms with E-state index in [1.165, 1.54) is 7.11 Å². The summed E-state index contributed by atoms with van der Waals surface area (Å²) < 4.78 is 4.30. The largest absolute Gasteiger partial charge is 0.480 e. The molecule has 9 heteroatoms. The van der Waals surface area contributed by atoms with Crippen LogP contribution in [0.25, 0.3) is 0 Å². The minimum atomic E-state index is -1.15. The van der Waals surface area contributed by atoms with Gasteiger partial charge in [-0.15, -0.1) is 0 Å². The van der Waals surface area contributed by atoms with E-state index in [1.807, 2.05) is 0 Å². The Labute approximate surface area is 127 Å². The van der Waals surface area contributed by atoms with Gasteiger partial charge < -0.3 is 26.2 Å². The van der Waals surface area contributed by atoms with Gasteiger partial charge in [0.2, 0.25) is 11.8 Å². The van der Waals surface area contributed by atoms with Gasteiger partial charge in [0, 0.05) is 18.7 Å². The fraction of sp³-hybridized carbons (Fsp3) is 0.538. The standard InChI is InChI=1S/C13H21N3O6/c1-3-4-9(13(20)21)16-12(19)8(14)7-15-10(17)5-6-11(18)22-2/h5-6,8-9H,3-4,7,14H2,1-2H3,(H,15,17)(H,16,19)(H,20,21)/b6-5+. The summed E-state index contributed by atoms with van der Waals surface area (Å²) in [5.74, 6) is -3.15. The van der Waals surface area contributed by atoms with E-state index in [0.29, 0.717) is 6.42 Å². The Bertz CT molecular complexity index is 449. The Morgan fingerprint density at radius 2 is 1.91 bits per heavy atom. The number of carboxylic acids is 1. The zero-order chi connectivity index (χ0) is 17.1. The van der Waals surface area contributed by atoms with Gasteiger partial charge in [-0.25, -0.2) is 9.59 Å². The van der Waals surface area contributed by atoms with E-state index in [9.17, 15) is 19.2 Å². The first-order chi connectivity index (χ1) is 10.3. The maximum Gasteiger partial charge on any atom is 0.330 e. The molecule has 0 radical (unpaired) electrons. The number of nitrogens with two attached hydrogens (primary N) is 1. The average molecular weight is 315 g/mol. The number of methoxy groups -OCH3 is 1. The molecule has 0 rings (SSSR count). The molecule has 5 N–H and O–H groups in total. The lowest BCUT2D eigenvalue weighted by atomic mass is 10.1. The molecule has 22 heavy (non-hydrogen) atoms. The highest BCUT2D eigenvalue weighted by molar-refractivity contribution is 5.95. The number of carbonyl (C=O) groups is 4. The summed E-state index contributed by atoms with van der Waals surface area (Å²) in [6.45, 7) is 1.59. The summed E-state index contributed by atoms with van der Waals surface area (Å²) in [4.78, 5) is 44.7. The Balaban J connectivity index is 4.30. The van der Waals surface area contributed by atoms with Crippen molar-refractivity contribution in [2.24, 2.45) is 5.73 Å². The number of hydrogen-bond acceptors (Lipinski definition) is 6. The van der Waals surface area contributed by atoms with Crippen LogP contribution in [0.15, 0.2) is 12.2 Å². The highest BCUT2D eigenvalue weighted by atomic mass is 16.5. The van der Waals surface area contributed by atoms with E-state index in [2.05, 4.69) is 15.4 Å². The number of rotatable bonds is 9. The fourth-order valence-corrected chi connectivity index (χ4v) is 1.40. The van der Waals surface area contributed by atoms with Crippen molar-refractivity contribution in [3.05, 3.63) is 12.2 Å². The van der Waals surface area contributed by atoms with Crippen LogP contribution in [0.1, 0.15) is 19.8 Å². The zero-order valence-corrected chi connectivity index (χ0v) is 12.5. The molecule has 2 unspecified atom stereocenters. The molecular weight excluding hydrogens is 294 g/mol. The molecule has 0 saturated carbocycles. The zero-order valence-electron chi connectivity index (χ0n) is 12.5. The van der Waals surface area contributed by atoms with Crippen molar-refractivity contribution >= 4 is 23.8 Å². The number of amides is 2. The average Bonchev–Trinajstić information content (AvgIpc) is 2.49. The second-order valence-corrected chi connectivity index (χ2v) is 4.40. The minimum Gasteiger partial charge on any atom is -0.480 e. The van der Waals surface area contributed by atoms with Gasteiger partial charge in [0.1, 0.15) is 12.1 Å². The molecule has 9 nitrogen and oxygen atoms in total. The highest BCUT2D eigenvalue weighted by Crippen LogP contribution is 1.97. The monoisotopic (exact) mass is 315 g/mol. The van der Waals surface area contributed by atoms with E-state index in [-0.39, 0.29) is 13.0 Å². The first-order valence-electron chi connectivity index (χ1n) is 6.64. The van der Waals surface area contributed by atoms with Crippen molar-refractivity contribution in [2.75, 3.05) is 13.7 Å². The Morgan fingerprint density at radius 1 is 1.27 bits per heavy atom. The summed E-state index contributed by atoms with van der Waals surface area (Å²) in [5.41, 5.74) is 5.56. The third-order valence-electron chi connectivity index (χ3n) is 2.60. The van der Waals surface area contributed by atoms with E-state index in [1.54, 1.807) is 6.92 Å². The van der Waals surface area contributed by atoms with Crippen LogP contribution in [-0.4, -0.2) is 54.6 Å². The van der Waals surface area contributed by atoms with Crippen LogP contribution in [0.4, 0.5) is 0 Å². The van der Waals surface area contributed by atoms with Gasteiger partial charge in [-0.3, -0.25) is 9.59 Å². The number of nitrogens with one attached hydrogen (secondary N) is 2. The Kier molecular flexibility index (Phi) is 9.19. The molecule has 124 valence electrons. The number of aliphatic carboxylic acids is 1. The molecule has 0 aromatic carbocycles. The van der Waals surface area contributed by atoms with Crippen molar-refractivity contribution in [3.8, 4) is 0 Å². The number of ether oxygens (including phenoxy) is 1. The predicted molar refractivity (Wildman–Crippen MR) is 76.6 cm³/mol. The second kappa shape index (κ2) is 10.3. The quantitative estimate of drug-likeness (QED) is 0.300. The van der Waals surface area contributed by atoms with Crippen LogP contribution in [0.2, 0.25) is 0 Å². The first-order valence-corrected chi connectivity index (χ1v) is 6.64. The smallest absolute Gasteiger partial charge is 0.330 e. The van der Waals surface area contributed by atoms with E-state index >= 15 is 0 Å². The summed E-state index contributed by atoms with van der Waals surface area (Å²) in [7, 11) is 1.17. The normalized spacial score (nSPS) is 13.2. The number of carbonyl (C=O) groups excluding carboxylic acids is 3. The number of esters is 1. The van der Waals surface area contributed by atoms with E-state index < -0.39 is 35.8 Å². The summed E-state index contributed by atoms with van der Waals surface area (Å²) in [6.07, 6.45) is 2.72. The lowest BCUT2D eigenvalue weighted by Gasteiger charge is -2.17. The van der Waals surface area contributed by atoms with Crippen LogP contribution in [-0.2, 0) is 23.9 Å². The van der Waals surface area contributed by atoms with Gasteiger partial charge in [0.15, 0.2) is 0 Å². The van der Waals surface area contributed by atoms with Gasteiger partial charge in [-0.1, -0.05) is 13.3 Å². The second-order valence-electron chi connectivity index (χ2n) is 4.40. The van der Waals surface area contributed by atoms with Crippen LogP contribution < -0.4 is 16.4 Å². The molecule has 0 aliphatic heterocycles. The van der Waals surface area contributed by atoms with E-state index in [4.69, 9.17) is 10.8 Å². The summed E-state index contributed by atoms with van der Waals surface area (Å²) in [5, 5.41) is 13.5. The van der Waals surface area contributed by atoms with Gasteiger partial charge in [-0.05, 0) is 6.42 Å². The molecule has 0 spiro atoms. The third kappa shape index (κ3) is 8.00. The molecule has 0 aliphatic carbocycles. The maximum absolute atomic E-state index is 11.7. The first kappa shape index (κ1) is 19.6. The van der Waals surface area contributed by atoms with Crippen LogP contribution in [0.5, 0.6) is 0 Å². The summed E-state index contributed by atoms with van der Waals surface area (Å²) >= 11 is 0. The van der Waals surface area contributed by atoms with Gasteiger partial charge in [0.25, 0.3) is 0 Å². The molecule has 2 amide bonds. The van der Waals surface area contributed by atoms with E-state index in [0.717, 1.165) is 12.2 Å². The van der Waals surface area contributed by atoms with Gasteiger partial charge >= 0.3 is 11.9 Å². The maximum atomic E-state index is 11.7. The van der Waals surface area contributed by atoms with Gasteiger partial charge in [-0.2, -0.15) is 0 Å². The molecule has 0 bridgehead atoms. The number of hydrogen-bond donors (Lipinski definition) is 4. The lowest BCUT2D eigenvalue weighted by Crippen LogP contribution is -2.52. The van der Waals surface area contributed by atoms with Crippen molar-refractivity contribution < 1.29 is 29.0 Å². The van der Waals surface area contributed by atoms with Crippen LogP contribution in [0, 0.1) is 0 Å². The van der Waals surface area contributed by atoms with Crippen LogP contribution in [0.3, 0.4) is 0 Å². The molecule has 2 atom stereocenters. The molecule has 0 saturated heterocycles. The molecule has 0 aromatic rings.